The van der Waals surface area contributed by atoms with Crippen molar-refractivity contribution in [1.29, 1.82) is 0 Å². The summed E-state index contributed by atoms with van der Waals surface area (Å²) in [6, 6.07) is 18.6. The largest absolute Gasteiger partial charge is 0.478 e. The quantitative estimate of drug-likeness (QED) is 0.506. The molecule has 3 aromatic rings. The van der Waals surface area contributed by atoms with Gasteiger partial charge in [-0.2, -0.15) is 0 Å². The van der Waals surface area contributed by atoms with E-state index in [1.807, 2.05) is 19.1 Å². The highest BCUT2D eigenvalue weighted by molar-refractivity contribution is 6.01. The van der Waals surface area contributed by atoms with Crippen LogP contribution in [0.3, 0.4) is 0 Å². The van der Waals surface area contributed by atoms with E-state index < -0.39 is 11.9 Å². The number of para-hydroxylation sites is 1. The van der Waals surface area contributed by atoms with Crippen LogP contribution in [0.5, 0.6) is 0 Å². The van der Waals surface area contributed by atoms with E-state index in [4.69, 9.17) is 10.2 Å². The number of carboxylic acid groups (broad SMARTS) is 2. The summed E-state index contributed by atoms with van der Waals surface area (Å²) in [5, 5.41) is 21.2. The van der Waals surface area contributed by atoms with Crippen molar-refractivity contribution in [1.82, 2.24) is 5.32 Å². The first-order chi connectivity index (χ1) is 15.8. The molecular formula is C26H24N2O5. The minimum Gasteiger partial charge on any atom is -0.478 e. The lowest BCUT2D eigenvalue weighted by molar-refractivity contribution is 0.0686. The van der Waals surface area contributed by atoms with Gasteiger partial charge in [-0.15, -0.1) is 0 Å². The summed E-state index contributed by atoms with van der Waals surface area (Å²) in [6.07, 6.45) is 0.829. The summed E-state index contributed by atoms with van der Waals surface area (Å²) < 4.78 is 0. The highest BCUT2D eigenvalue weighted by atomic mass is 16.4. The van der Waals surface area contributed by atoms with Gasteiger partial charge in [0.25, 0.3) is 5.91 Å². The zero-order valence-corrected chi connectivity index (χ0v) is 18.1. The number of benzene rings is 3. The molecule has 0 bridgehead atoms. The molecule has 3 N–H and O–H groups in total. The van der Waals surface area contributed by atoms with Gasteiger partial charge in [-0.1, -0.05) is 36.4 Å². The fraction of sp³-hybridized carbons (Fsp3) is 0.192. The predicted molar refractivity (Wildman–Crippen MR) is 124 cm³/mol. The number of nitrogens with zero attached hydrogens (tertiary/aromatic N) is 1. The van der Waals surface area contributed by atoms with Crippen molar-refractivity contribution < 1.29 is 24.6 Å². The number of amides is 1. The Morgan fingerprint density at radius 1 is 0.909 bits per heavy atom. The van der Waals surface area contributed by atoms with Gasteiger partial charge in [0.15, 0.2) is 0 Å². The molecule has 0 spiro atoms. The van der Waals surface area contributed by atoms with Gasteiger partial charge in [0.05, 0.1) is 28.4 Å². The monoisotopic (exact) mass is 444 g/mol. The SMILES string of the molecule is C[C@H](NC(=O)c1cccc2c1N(Cc1ccc(C(=O)O)cc1)CC2)c1ccc(C(=O)O)cc1. The number of nitrogens with one attached hydrogen (secondary N) is 1. The molecule has 1 atom stereocenters. The van der Waals surface area contributed by atoms with Gasteiger partial charge >= 0.3 is 11.9 Å². The van der Waals surface area contributed by atoms with Crippen molar-refractivity contribution in [2.45, 2.75) is 25.9 Å². The molecule has 0 aliphatic carbocycles. The lowest BCUT2D eigenvalue weighted by Crippen LogP contribution is -2.29. The molecule has 7 nitrogen and oxygen atoms in total. The van der Waals surface area contributed by atoms with Crippen LogP contribution >= 0.6 is 0 Å². The summed E-state index contributed by atoms with van der Waals surface area (Å²) in [4.78, 5) is 37.5. The van der Waals surface area contributed by atoms with Gasteiger partial charge in [0.2, 0.25) is 0 Å². The molecule has 0 saturated carbocycles. The number of hydrogen-bond donors (Lipinski definition) is 3. The normalized spacial score (nSPS) is 13.3. The summed E-state index contributed by atoms with van der Waals surface area (Å²) in [5.74, 6) is -2.15. The minimum atomic E-state index is -0.990. The van der Waals surface area contributed by atoms with Crippen molar-refractivity contribution in [2.24, 2.45) is 0 Å². The number of carboxylic acids is 2. The van der Waals surface area contributed by atoms with Gasteiger partial charge in [-0.3, -0.25) is 4.79 Å². The highest BCUT2D eigenvalue weighted by Gasteiger charge is 2.26. The fourth-order valence-electron chi connectivity index (χ4n) is 4.12. The third-order valence-corrected chi connectivity index (χ3v) is 5.91. The van der Waals surface area contributed by atoms with Crippen LogP contribution in [0.1, 0.15) is 60.7 Å². The second-order valence-electron chi connectivity index (χ2n) is 8.11. The average molecular weight is 444 g/mol. The standard InChI is InChI=1S/C26H24N2O5/c1-16(18-9-11-21(12-10-18)26(32)33)27-24(29)22-4-2-3-19-13-14-28(23(19)22)15-17-5-7-20(8-6-17)25(30)31/h2-12,16H,13-15H2,1H3,(H,27,29)(H,30,31)(H,32,33)/t16-/m0/s1. The Bertz CT molecular complexity index is 1200. The Kier molecular flexibility index (Phi) is 6.13. The third-order valence-electron chi connectivity index (χ3n) is 5.91. The van der Waals surface area contributed by atoms with Gasteiger partial charge in [-0.05, 0) is 60.4 Å². The smallest absolute Gasteiger partial charge is 0.335 e. The Balaban J connectivity index is 1.52. The number of fused-ring (bicyclic) bond motifs is 1. The van der Waals surface area contributed by atoms with Gasteiger partial charge < -0.3 is 20.4 Å². The van der Waals surface area contributed by atoms with E-state index in [1.54, 1.807) is 42.5 Å². The molecule has 1 aliphatic rings. The van der Waals surface area contributed by atoms with E-state index in [0.717, 1.165) is 35.3 Å². The van der Waals surface area contributed by atoms with E-state index in [0.29, 0.717) is 12.1 Å². The van der Waals surface area contributed by atoms with Crippen molar-refractivity contribution in [2.75, 3.05) is 11.4 Å². The molecule has 33 heavy (non-hydrogen) atoms. The topological polar surface area (TPSA) is 107 Å². The van der Waals surface area contributed by atoms with Crippen LogP contribution in [0.2, 0.25) is 0 Å². The van der Waals surface area contributed by atoms with Crippen LogP contribution in [0.25, 0.3) is 0 Å². The molecule has 4 rings (SSSR count). The number of carbonyl (C=O) groups excluding carboxylic acids is 1. The second-order valence-corrected chi connectivity index (χ2v) is 8.11. The first-order valence-corrected chi connectivity index (χ1v) is 10.7. The zero-order valence-electron chi connectivity index (χ0n) is 18.1. The number of aromatic carboxylic acids is 2. The Hall–Kier alpha value is -4.13. The molecule has 1 aliphatic heterocycles. The number of rotatable bonds is 7. The third kappa shape index (κ3) is 4.72. The van der Waals surface area contributed by atoms with E-state index in [1.165, 1.54) is 12.1 Å². The van der Waals surface area contributed by atoms with Crippen LogP contribution in [0, 0.1) is 0 Å². The van der Waals surface area contributed by atoms with Crippen LogP contribution in [-0.2, 0) is 13.0 Å². The summed E-state index contributed by atoms with van der Waals surface area (Å²) >= 11 is 0. The molecule has 168 valence electrons. The first-order valence-electron chi connectivity index (χ1n) is 10.7. The van der Waals surface area contributed by atoms with Crippen LogP contribution in [-0.4, -0.2) is 34.6 Å². The number of anilines is 1. The molecule has 7 heteroatoms. The van der Waals surface area contributed by atoms with Crippen molar-refractivity contribution in [3.8, 4) is 0 Å². The first kappa shape index (κ1) is 22.1. The van der Waals surface area contributed by atoms with Crippen LogP contribution in [0.15, 0.2) is 66.7 Å². The molecular weight excluding hydrogens is 420 g/mol. The number of carbonyl (C=O) groups is 3. The second kappa shape index (κ2) is 9.16. The van der Waals surface area contributed by atoms with Crippen molar-refractivity contribution >= 4 is 23.5 Å². The van der Waals surface area contributed by atoms with E-state index in [2.05, 4.69) is 10.2 Å². The van der Waals surface area contributed by atoms with Crippen molar-refractivity contribution in [3.05, 3.63) is 100 Å². The Morgan fingerprint density at radius 2 is 1.52 bits per heavy atom. The Labute approximate surface area is 191 Å². The molecule has 0 saturated heterocycles. The van der Waals surface area contributed by atoms with Crippen LogP contribution in [0.4, 0.5) is 5.69 Å². The summed E-state index contributed by atoms with van der Waals surface area (Å²) in [6.45, 7) is 3.20. The van der Waals surface area contributed by atoms with E-state index in [-0.39, 0.29) is 23.1 Å². The maximum atomic E-state index is 13.2. The summed E-state index contributed by atoms with van der Waals surface area (Å²) in [5.41, 5.74) is 4.80. The lowest BCUT2D eigenvalue weighted by atomic mass is 10.0. The molecule has 1 amide bonds. The average Bonchev–Trinajstić information content (AvgIpc) is 3.22. The summed E-state index contributed by atoms with van der Waals surface area (Å²) in [7, 11) is 0. The van der Waals surface area contributed by atoms with Crippen molar-refractivity contribution in [3.63, 3.8) is 0 Å². The van der Waals surface area contributed by atoms with Crippen LogP contribution < -0.4 is 10.2 Å². The fourth-order valence-corrected chi connectivity index (χ4v) is 4.12. The minimum absolute atomic E-state index is 0.199. The maximum absolute atomic E-state index is 13.2. The molecule has 3 aromatic carbocycles. The lowest BCUT2D eigenvalue weighted by Gasteiger charge is -2.23. The van der Waals surface area contributed by atoms with Gasteiger partial charge in [0.1, 0.15) is 0 Å². The van der Waals surface area contributed by atoms with Gasteiger partial charge in [-0.25, -0.2) is 9.59 Å². The molecule has 0 fully saturated rings. The van der Waals surface area contributed by atoms with Gasteiger partial charge in [0, 0.05) is 13.1 Å². The van der Waals surface area contributed by atoms with E-state index >= 15 is 0 Å². The predicted octanol–water partition coefficient (Wildman–Crippen LogP) is 4.14. The maximum Gasteiger partial charge on any atom is 0.335 e. The Morgan fingerprint density at radius 3 is 2.12 bits per heavy atom. The highest BCUT2D eigenvalue weighted by Crippen LogP contribution is 2.33. The zero-order chi connectivity index (χ0) is 23.5. The molecule has 0 aromatic heterocycles. The number of hydrogen-bond acceptors (Lipinski definition) is 4. The van der Waals surface area contributed by atoms with E-state index in [9.17, 15) is 14.4 Å². The molecule has 0 unspecified atom stereocenters. The molecule has 0 radical (unpaired) electrons. The molecule has 1 heterocycles.